The minimum absolute atomic E-state index is 0.599. The molecule has 2 N–H and O–H groups in total. The highest BCUT2D eigenvalue weighted by molar-refractivity contribution is 7.92. The zero-order valence-electron chi connectivity index (χ0n) is 12.4. The van der Waals surface area contributed by atoms with Crippen LogP contribution in [0.4, 0.5) is 11.4 Å². The molecule has 0 saturated carbocycles. The van der Waals surface area contributed by atoms with Crippen LogP contribution in [0.3, 0.4) is 0 Å². The fraction of sp³-hybridized carbons (Fsp3) is 0.357. The molecule has 0 amide bonds. The van der Waals surface area contributed by atoms with Crippen LogP contribution in [-0.4, -0.2) is 24.2 Å². The average molecular weight is 308 g/mol. The first-order chi connectivity index (χ1) is 9.89. The summed E-state index contributed by atoms with van der Waals surface area (Å²) in [5, 5.41) is 3.31. The van der Waals surface area contributed by atoms with Gasteiger partial charge in [0.05, 0.1) is 30.5 Å². The highest BCUT2D eigenvalue weighted by Crippen LogP contribution is 2.21. The van der Waals surface area contributed by atoms with Crippen LogP contribution < -0.4 is 10.0 Å². The Kier molecular flexibility index (Phi) is 4.52. The number of nitrogens with one attached hydrogen (secondary N) is 2. The number of rotatable bonds is 6. The van der Waals surface area contributed by atoms with E-state index in [1.807, 2.05) is 25.3 Å². The molecular weight excluding hydrogens is 288 g/mol. The van der Waals surface area contributed by atoms with Gasteiger partial charge in [0.2, 0.25) is 10.0 Å². The summed E-state index contributed by atoms with van der Waals surface area (Å²) in [6.07, 6.45) is 4.79. The molecule has 0 unspecified atom stereocenters. The van der Waals surface area contributed by atoms with Crippen molar-refractivity contribution >= 4 is 21.4 Å². The third-order valence-corrected chi connectivity index (χ3v) is 3.73. The van der Waals surface area contributed by atoms with Gasteiger partial charge in [0.1, 0.15) is 0 Å². The molecule has 0 spiro atoms. The molecule has 7 heteroatoms. The SMILES string of the molecule is CCn1cncc1CNc1ccc(NS(C)(=O)=O)c(C)c1. The molecule has 0 aliphatic carbocycles. The predicted molar refractivity (Wildman–Crippen MR) is 84.9 cm³/mol. The molecule has 0 radical (unpaired) electrons. The Morgan fingerprint density at radius 3 is 2.71 bits per heavy atom. The van der Waals surface area contributed by atoms with E-state index in [-0.39, 0.29) is 0 Å². The number of imidazole rings is 1. The molecule has 1 aromatic heterocycles. The van der Waals surface area contributed by atoms with Gasteiger partial charge < -0.3 is 9.88 Å². The number of aryl methyl sites for hydroxylation is 2. The summed E-state index contributed by atoms with van der Waals surface area (Å²) in [6.45, 7) is 5.50. The van der Waals surface area contributed by atoms with Crippen LogP contribution >= 0.6 is 0 Å². The van der Waals surface area contributed by atoms with Crippen molar-refractivity contribution in [2.24, 2.45) is 0 Å². The third-order valence-electron chi connectivity index (χ3n) is 3.13. The van der Waals surface area contributed by atoms with Gasteiger partial charge in [-0.1, -0.05) is 0 Å². The summed E-state index contributed by atoms with van der Waals surface area (Å²) in [5.41, 5.74) is 3.51. The van der Waals surface area contributed by atoms with Crippen molar-refractivity contribution < 1.29 is 8.42 Å². The van der Waals surface area contributed by atoms with Crippen LogP contribution in [0.15, 0.2) is 30.7 Å². The van der Waals surface area contributed by atoms with Crippen LogP contribution in [0, 0.1) is 6.92 Å². The Morgan fingerprint density at radius 2 is 2.10 bits per heavy atom. The van der Waals surface area contributed by atoms with E-state index in [1.54, 1.807) is 12.4 Å². The Hall–Kier alpha value is -2.02. The van der Waals surface area contributed by atoms with Crippen molar-refractivity contribution in [2.75, 3.05) is 16.3 Å². The van der Waals surface area contributed by atoms with Crippen LogP contribution in [0.1, 0.15) is 18.2 Å². The van der Waals surface area contributed by atoms with E-state index >= 15 is 0 Å². The maximum Gasteiger partial charge on any atom is 0.229 e. The average Bonchev–Trinajstić information content (AvgIpc) is 2.85. The molecule has 0 fully saturated rings. The van der Waals surface area contributed by atoms with Crippen molar-refractivity contribution in [3.8, 4) is 0 Å². The minimum Gasteiger partial charge on any atom is -0.379 e. The molecule has 6 nitrogen and oxygen atoms in total. The molecule has 2 aromatic rings. The van der Waals surface area contributed by atoms with Gasteiger partial charge in [0.25, 0.3) is 0 Å². The first-order valence-electron chi connectivity index (χ1n) is 6.70. The largest absolute Gasteiger partial charge is 0.379 e. The lowest BCUT2D eigenvalue weighted by Gasteiger charge is -2.12. The number of hydrogen-bond acceptors (Lipinski definition) is 4. The Balaban J connectivity index is 2.07. The van der Waals surface area contributed by atoms with E-state index in [1.165, 1.54) is 0 Å². The number of hydrogen-bond donors (Lipinski definition) is 2. The Morgan fingerprint density at radius 1 is 1.33 bits per heavy atom. The summed E-state index contributed by atoms with van der Waals surface area (Å²) in [5.74, 6) is 0. The van der Waals surface area contributed by atoms with Gasteiger partial charge >= 0.3 is 0 Å². The normalized spacial score (nSPS) is 11.4. The monoisotopic (exact) mass is 308 g/mol. The van der Waals surface area contributed by atoms with Crippen LogP contribution in [0.2, 0.25) is 0 Å². The second kappa shape index (κ2) is 6.17. The quantitative estimate of drug-likeness (QED) is 0.857. The smallest absolute Gasteiger partial charge is 0.229 e. The zero-order chi connectivity index (χ0) is 15.5. The van der Waals surface area contributed by atoms with Crippen molar-refractivity contribution in [1.29, 1.82) is 0 Å². The lowest BCUT2D eigenvalue weighted by atomic mass is 10.2. The molecule has 2 rings (SSSR count). The molecular formula is C14H20N4O2S. The number of aromatic nitrogens is 2. The van der Waals surface area contributed by atoms with E-state index in [4.69, 9.17) is 0 Å². The van der Waals surface area contributed by atoms with Gasteiger partial charge in [-0.3, -0.25) is 4.72 Å². The molecule has 114 valence electrons. The second-order valence-electron chi connectivity index (χ2n) is 4.93. The predicted octanol–water partition coefficient (Wildman–Crippen LogP) is 2.20. The third kappa shape index (κ3) is 4.22. The number of anilines is 2. The number of nitrogens with zero attached hydrogens (tertiary/aromatic N) is 2. The van der Waals surface area contributed by atoms with Crippen molar-refractivity contribution in [3.05, 3.63) is 42.0 Å². The van der Waals surface area contributed by atoms with E-state index in [2.05, 4.69) is 26.5 Å². The Labute approximate surface area is 125 Å². The Bertz CT molecular complexity index is 722. The second-order valence-corrected chi connectivity index (χ2v) is 6.68. The minimum atomic E-state index is -3.25. The molecule has 21 heavy (non-hydrogen) atoms. The van der Waals surface area contributed by atoms with Gasteiger partial charge in [0.15, 0.2) is 0 Å². The van der Waals surface area contributed by atoms with Gasteiger partial charge in [-0.05, 0) is 37.6 Å². The summed E-state index contributed by atoms with van der Waals surface area (Å²) in [7, 11) is -3.25. The van der Waals surface area contributed by atoms with Crippen LogP contribution in [0.25, 0.3) is 0 Å². The molecule has 1 aromatic carbocycles. The van der Waals surface area contributed by atoms with Crippen molar-refractivity contribution in [2.45, 2.75) is 26.9 Å². The topological polar surface area (TPSA) is 76.0 Å². The van der Waals surface area contributed by atoms with Crippen molar-refractivity contribution in [1.82, 2.24) is 9.55 Å². The molecule has 0 atom stereocenters. The molecule has 0 bridgehead atoms. The van der Waals surface area contributed by atoms with E-state index in [9.17, 15) is 8.42 Å². The van der Waals surface area contributed by atoms with E-state index < -0.39 is 10.0 Å². The first kappa shape index (κ1) is 15.4. The fourth-order valence-electron chi connectivity index (χ4n) is 2.06. The highest BCUT2D eigenvalue weighted by Gasteiger charge is 2.06. The van der Waals surface area contributed by atoms with Gasteiger partial charge in [-0.2, -0.15) is 0 Å². The lowest BCUT2D eigenvalue weighted by molar-refractivity contribution is 0.607. The first-order valence-corrected chi connectivity index (χ1v) is 8.59. The maximum atomic E-state index is 11.3. The van der Waals surface area contributed by atoms with Crippen molar-refractivity contribution in [3.63, 3.8) is 0 Å². The van der Waals surface area contributed by atoms with E-state index in [0.717, 1.165) is 29.7 Å². The highest BCUT2D eigenvalue weighted by atomic mass is 32.2. The molecule has 0 aliphatic heterocycles. The standard InChI is InChI=1S/C14H20N4O2S/c1-4-18-10-15-8-13(18)9-16-12-5-6-14(11(2)7-12)17-21(3,19)20/h5-8,10,16-17H,4,9H2,1-3H3. The maximum absolute atomic E-state index is 11.3. The zero-order valence-corrected chi connectivity index (χ0v) is 13.2. The van der Waals surface area contributed by atoms with Crippen LogP contribution in [-0.2, 0) is 23.1 Å². The summed E-state index contributed by atoms with van der Waals surface area (Å²) >= 11 is 0. The number of sulfonamides is 1. The lowest BCUT2D eigenvalue weighted by Crippen LogP contribution is -2.11. The van der Waals surface area contributed by atoms with Gasteiger partial charge in [-0.25, -0.2) is 13.4 Å². The summed E-state index contributed by atoms with van der Waals surface area (Å²) in [6, 6.07) is 5.53. The summed E-state index contributed by atoms with van der Waals surface area (Å²) in [4.78, 5) is 4.12. The van der Waals surface area contributed by atoms with Crippen LogP contribution in [0.5, 0.6) is 0 Å². The van der Waals surface area contributed by atoms with E-state index in [0.29, 0.717) is 12.2 Å². The number of benzene rings is 1. The fourth-order valence-corrected chi connectivity index (χ4v) is 2.69. The summed E-state index contributed by atoms with van der Waals surface area (Å²) < 4.78 is 27.1. The molecule has 0 saturated heterocycles. The molecule has 1 heterocycles. The molecule has 0 aliphatic rings. The van der Waals surface area contributed by atoms with Gasteiger partial charge in [-0.15, -0.1) is 0 Å². The van der Waals surface area contributed by atoms with Gasteiger partial charge in [0, 0.05) is 18.4 Å².